The van der Waals surface area contributed by atoms with Crippen molar-refractivity contribution >= 4 is 29.3 Å². The molecular weight excluding hydrogens is 272 g/mol. The van der Waals surface area contributed by atoms with E-state index in [1.54, 1.807) is 6.92 Å². The van der Waals surface area contributed by atoms with Gasteiger partial charge in [-0.2, -0.15) is 0 Å². The third kappa shape index (κ3) is 4.06. The highest BCUT2D eigenvalue weighted by molar-refractivity contribution is 6.27. The zero-order valence-corrected chi connectivity index (χ0v) is 11.1. The highest BCUT2D eigenvalue weighted by Gasteiger charge is 2.16. The molecule has 0 aromatic heterocycles. The first kappa shape index (κ1) is 15.2. The van der Waals surface area contributed by atoms with E-state index in [1.807, 2.05) is 0 Å². The SMILES string of the molecule is CCOC(=O)c1ccc(C(=O)O)c(CC(=O)CCl)c1. The fourth-order valence-electron chi connectivity index (χ4n) is 1.55. The zero-order valence-electron chi connectivity index (χ0n) is 10.3. The van der Waals surface area contributed by atoms with E-state index >= 15 is 0 Å². The first-order valence-corrected chi connectivity index (χ1v) is 6.14. The molecule has 1 aromatic rings. The summed E-state index contributed by atoms with van der Waals surface area (Å²) in [5.74, 6) is -2.24. The minimum Gasteiger partial charge on any atom is -0.478 e. The van der Waals surface area contributed by atoms with Gasteiger partial charge in [0.05, 0.1) is 23.6 Å². The Morgan fingerprint density at radius 3 is 2.53 bits per heavy atom. The zero-order chi connectivity index (χ0) is 14.4. The van der Waals surface area contributed by atoms with Gasteiger partial charge in [-0.15, -0.1) is 11.6 Å². The molecule has 102 valence electrons. The van der Waals surface area contributed by atoms with Gasteiger partial charge < -0.3 is 9.84 Å². The summed E-state index contributed by atoms with van der Waals surface area (Å²) in [5, 5.41) is 9.02. The highest BCUT2D eigenvalue weighted by atomic mass is 35.5. The highest BCUT2D eigenvalue weighted by Crippen LogP contribution is 2.15. The maximum absolute atomic E-state index is 11.6. The molecule has 0 aliphatic heterocycles. The molecule has 0 aliphatic rings. The monoisotopic (exact) mass is 284 g/mol. The average Bonchev–Trinajstić information content (AvgIpc) is 2.38. The number of carboxylic acid groups (broad SMARTS) is 1. The summed E-state index contributed by atoms with van der Waals surface area (Å²) in [6, 6.07) is 3.99. The van der Waals surface area contributed by atoms with Crippen LogP contribution in [0.1, 0.15) is 33.2 Å². The number of ketones is 1. The number of rotatable bonds is 6. The molecule has 0 amide bonds. The largest absolute Gasteiger partial charge is 0.478 e. The predicted octanol–water partition coefficient (Wildman–Crippen LogP) is 1.91. The number of carboxylic acids is 1. The Hall–Kier alpha value is -1.88. The van der Waals surface area contributed by atoms with Gasteiger partial charge in [-0.25, -0.2) is 9.59 Å². The smallest absolute Gasteiger partial charge is 0.338 e. The van der Waals surface area contributed by atoms with Gasteiger partial charge in [-0.1, -0.05) is 0 Å². The van der Waals surface area contributed by atoms with Crippen LogP contribution < -0.4 is 0 Å². The van der Waals surface area contributed by atoms with E-state index in [-0.39, 0.29) is 41.4 Å². The molecule has 1 rings (SSSR count). The van der Waals surface area contributed by atoms with Crippen LogP contribution >= 0.6 is 11.6 Å². The Morgan fingerprint density at radius 2 is 2.00 bits per heavy atom. The van der Waals surface area contributed by atoms with Gasteiger partial charge in [0.1, 0.15) is 0 Å². The van der Waals surface area contributed by atoms with Crippen molar-refractivity contribution in [2.75, 3.05) is 12.5 Å². The topological polar surface area (TPSA) is 80.7 Å². The summed E-state index contributed by atoms with van der Waals surface area (Å²) in [4.78, 5) is 33.9. The molecule has 0 unspecified atom stereocenters. The molecule has 1 aromatic carbocycles. The van der Waals surface area contributed by atoms with E-state index in [1.165, 1.54) is 18.2 Å². The van der Waals surface area contributed by atoms with Gasteiger partial charge >= 0.3 is 11.9 Å². The number of halogens is 1. The van der Waals surface area contributed by atoms with Gasteiger partial charge in [0.2, 0.25) is 0 Å². The van der Waals surface area contributed by atoms with Crippen LogP contribution in [0.15, 0.2) is 18.2 Å². The van der Waals surface area contributed by atoms with Crippen LogP contribution in [-0.4, -0.2) is 35.3 Å². The fourth-order valence-corrected chi connectivity index (χ4v) is 1.64. The minimum atomic E-state index is -1.16. The standard InChI is InChI=1S/C13H13ClO5/c1-2-19-13(18)8-3-4-11(12(16)17)9(5-8)6-10(15)7-14/h3-5H,2,6-7H2,1H3,(H,16,17). The minimum absolute atomic E-state index is 0.0217. The lowest BCUT2D eigenvalue weighted by Crippen LogP contribution is -2.12. The Morgan fingerprint density at radius 1 is 1.32 bits per heavy atom. The second kappa shape index (κ2) is 6.89. The summed E-state index contributed by atoms with van der Waals surface area (Å²) < 4.78 is 4.82. The molecule has 0 spiro atoms. The molecule has 0 radical (unpaired) electrons. The molecule has 0 bridgehead atoms. The van der Waals surface area contributed by atoms with Gasteiger partial charge in [0.15, 0.2) is 5.78 Å². The molecule has 0 fully saturated rings. The number of carbonyl (C=O) groups is 3. The molecule has 0 heterocycles. The second-order valence-electron chi connectivity index (χ2n) is 3.75. The lowest BCUT2D eigenvalue weighted by atomic mass is 9.99. The Balaban J connectivity index is 3.14. The van der Waals surface area contributed by atoms with Crippen molar-refractivity contribution in [1.29, 1.82) is 0 Å². The number of alkyl halides is 1. The van der Waals surface area contributed by atoms with Crippen LogP contribution in [0.4, 0.5) is 0 Å². The van der Waals surface area contributed by atoms with Crippen molar-refractivity contribution in [3.05, 3.63) is 34.9 Å². The van der Waals surface area contributed by atoms with E-state index in [0.29, 0.717) is 0 Å². The summed E-state index contributed by atoms with van der Waals surface area (Å²) in [6.07, 6.45) is -0.127. The summed E-state index contributed by atoms with van der Waals surface area (Å²) in [6.45, 7) is 1.89. The predicted molar refractivity (Wildman–Crippen MR) is 68.8 cm³/mol. The van der Waals surface area contributed by atoms with Gasteiger partial charge in [0, 0.05) is 6.42 Å². The Kier molecular flexibility index (Phi) is 5.51. The second-order valence-corrected chi connectivity index (χ2v) is 4.01. The van der Waals surface area contributed by atoms with Crippen molar-refractivity contribution in [2.45, 2.75) is 13.3 Å². The molecular formula is C13H13ClO5. The van der Waals surface area contributed by atoms with Crippen molar-refractivity contribution in [3.63, 3.8) is 0 Å². The van der Waals surface area contributed by atoms with Crippen LogP contribution in [0.2, 0.25) is 0 Å². The van der Waals surface area contributed by atoms with Gasteiger partial charge in [-0.3, -0.25) is 4.79 Å². The lowest BCUT2D eigenvalue weighted by molar-refractivity contribution is -0.116. The van der Waals surface area contributed by atoms with Crippen LogP contribution in [0, 0.1) is 0 Å². The van der Waals surface area contributed by atoms with Crippen LogP contribution in [0.3, 0.4) is 0 Å². The fraction of sp³-hybridized carbons (Fsp3) is 0.308. The van der Waals surface area contributed by atoms with Gasteiger partial charge in [-0.05, 0) is 30.7 Å². The number of Topliss-reactive ketones (excluding diaryl/α,β-unsaturated/α-hetero) is 1. The lowest BCUT2D eigenvalue weighted by Gasteiger charge is -2.07. The normalized spacial score (nSPS) is 10.0. The molecule has 0 atom stereocenters. The third-order valence-corrected chi connectivity index (χ3v) is 2.68. The number of ether oxygens (including phenoxy) is 1. The van der Waals surface area contributed by atoms with E-state index in [2.05, 4.69) is 0 Å². The number of aromatic carboxylic acids is 1. The molecule has 1 N–H and O–H groups in total. The molecule has 0 saturated heterocycles. The summed E-state index contributed by atoms with van der Waals surface area (Å²) in [7, 11) is 0. The van der Waals surface area contributed by atoms with Gasteiger partial charge in [0.25, 0.3) is 0 Å². The molecule has 0 saturated carbocycles. The average molecular weight is 285 g/mol. The maximum Gasteiger partial charge on any atom is 0.338 e. The Labute approximate surface area is 115 Å². The van der Waals surface area contributed by atoms with Crippen LogP contribution in [-0.2, 0) is 16.0 Å². The first-order valence-electron chi connectivity index (χ1n) is 5.60. The van der Waals surface area contributed by atoms with Crippen molar-refractivity contribution in [1.82, 2.24) is 0 Å². The molecule has 6 heteroatoms. The quantitative estimate of drug-likeness (QED) is 0.637. The van der Waals surface area contributed by atoms with E-state index in [9.17, 15) is 14.4 Å². The summed E-state index contributed by atoms with van der Waals surface area (Å²) >= 11 is 5.40. The third-order valence-electron chi connectivity index (χ3n) is 2.38. The van der Waals surface area contributed by atoms with Crippen LogP contribution in [0.5, 0.6) is 0 Å². The molecule has 0 aliphatic carbocycles. The van der Waals surface area contributed by atoms with Crippen LogP contribution in [0.25, 0.3) is 0 Å². The number of hydrogen-bond donors (Lipinski definition) is 1. The first-order chi connectivity index (χ1) is 8.99. The summed E-state index contributed by atoms with van der Waals surface area (Å²) in [5.41, 5.74) is 0.444. The number of esters is 1. The number of hydrogen-bond acceptors (Lipinski definition) is 4. The van der Waals surface area contributed by atoms with E-state index in [0.717, 1.165) is 0 Å². The maximum atomic E-state index is 11.6. The molecule has 5 nitrogen and oxygen atoms in total. The molecule has 19 heavy (non-hydrogen) atoms. The van der Waals surface area contributed by atoms with E-state index in [4.69, 9.17) is 21.4 Å². The Bertz CT molecular complexity index is 510. The van der Waals surface area contributed by atoms with E-state index < -0.39 is 11.9 Å². The number of carbonyl (C=O) groups excluding carboxylic acids is 2. The van der Waals surface area contributed by atoms with Crippen molar-refractivity contribution < 1.29 is 24.2 Å². The van der Waals surface area contributed by atoms with Crippen molar-refractivity contribution in [2.24, 2.45) is 0 Å². The van der Waals surface area contributed by atoms with Crippen molar-refractivity contribution in [3.8, 4) is 0 Å². The number of benzene rings is 1.